The van der Waals surface area contributed by atoms with Crippen molar-refractivity contribution in [3.63, 3.8) is 0 Å². The lowest BCUT2D eigenvalue weighted by Crippen LogP contribution is -2.12. The van der Waals surface area contributed by atoms with Gasteiger partial charge in [-0.1, -0.05) is 35.9 Å². The molecule has 32 heavy (non-hydrogen) atoms. The van der Waals surface area contributed by atoms with Crippen LogP contribution in [0.1, 0.15) is 16.8 Å². The van der Waals surface area contributed by atoms with Gasteiger partial charge in [0.15, 0.2) is 11.5 Å². The first kappa shape index (κ1) is 20.0. The molecule has 0 saturated heterocycles. The first-order chi connectivity index (χ1) is 15.5. The summed E-state index contributed by atoms with van der Waals surface area (Å²) in [6, 6.07) is 15.6. The normalized spacial score (nSPS) is 12.4. The largest absolute Gasteiger partial charge is 0.454 e. The van der Waals surface area contributed by atoms with E-state index in [4.69, 9.17) is 14.5 Å². The van der Waals surface area contributed by atoms with Crippen LogP contribution in [0.2, 0.25) is 0 Å². The van der Waals surface area contributed by atoms with E-state index in [-0.39, 0.29) is 12.7 Å². The zero-order chi connectivity index (χ0) is 22.1. The standard InChI is InChI=1S/C24H20N4O3S/c1-15-3-7-18(8-4-15)19-13-32-24(25-19)28-22(11-16(2)27-28)26-23(29)10-6-17-5-9-20-21(12-17)31-14-30-20/h3-13H,14H2,1-2H3,(H,26,29)/b10-6+. The SMILES string of the molecule is Cc1ccc(-c2csc(-n3nc(C)cc3NC(=O)/C=C/c3ccc4c(c3)OCO4)n2)cc1. The fourth-order valence-electron chi connectivity index (χ4n) is 3.31. The molecule has 0 spiro atoms. The number of aryl methyl sites for hydroxylation is 2. The van der Waals surface area contributed by atoms with Crippen LogP contribution in [-0.2, 0) is 4.79 Å². The van der Waals surface area contributed by atoms with Gasteiger partial charge in [-0.05, 0) is 37.6 Å². The summed E-state index contributed by atoms with van der Waals surface area (Å²) >= 11 is 1.47. The lowest BCUT2D eigenvalue weighted by Gasteiger charge is -2.04. The van der Waals surface area contributed by atoms with Gasteiger partial charge < -0.3 is 14.8 Å². The van der Waals surface area contributed by atoms with E-state index < -0.39 is 0 Å². The third-order valence-electron chi connectivity index (χ3n) is 4.93. The molecule has 1 aliphatic rings. The molecule has 1 amide bonds. The van der Waals surface area contributed by atoms with Gasteiger partial charge in [0.05, 0.1) is 11.4 Å². The van der Waals surface area contributed by atoms with Gasteiger partial charge in [0.25, 0.3) is 0 Å². The van der Waals surface area contributed by atoms with Gasteiger partial charge >= 0.3 is 0 Å². The topological polar surface area (TPSA) is 78.3 Å². The molecule has 0 aliphatic carbocycles. The van der Waals surface area contributed by atoms with Crippen molar-refractivity contribution in [2.24, 2.45) is 0 Å². The summed E-state index contributed by atoms with van der Waals surface area (Å²) in [6.07, 6.45) is 3.20. The second kappa shape index (κ2) is 8.32. The van der Waals surface area contributed by atoms with Gasteiger partial charge in [0, 0.05) is 23.1 Å². The number of fused-ring (bicyclic) bond motifs is 1. The van der Waals surface area contributed by atoms with Gasteiger partial charge in [-0.2, -0.15) is 9.78 Å². The Morgan fingerprint density at radius 1 is 1.09 bits per heavy atom. The van der Waals surface area contributed by atoms with Gasteiger partial charge in [0.2, 0.25) is 17.8 Å². The van der Waals surface area contributed by atoms with Gasteiger partial charge in [0.1, 0.15) is 5.82 Å². The molecule has 2 aromatic heterocycles. The molecule has 0 bridgehead atoms. The molecule has 0 radical (unpaired) electrons. The van der Waals surface area contributed by atoms with Gasteiger partial charge in [-0.3, -0.25) is 4.79 Å². The lowest BCUT2D eigenvalue weighted by molar-refractivity contribution is -0.111. The third-order valence-corrected chi connectivity index (χ3v) is 5.74. The minimum atomic E-state index is -0.265. The number of nitrogens with one attached hydrogen (secondary N) is 1. The highest BCUT2D eigenvalue weighted by Crippen LogP contribution is 2.33. The van der Waals surface area contributed by atoms with Crippen LogP contribution in [0.25, 0.3) is 22.5 Å². The Hall–Kier alpha value is -3.91. The smallest absolute Gasteiger partial charge is 0.249 e. The third kappa shape index (κ3) is 4.13. The molecule has 1 N–H and O–H groups in total. The molecule has 0 fully saturated rings. The average Bonchev–Trinajstić information content (AvgIpc) is 3.52. The van der Waals surface area contributed by atoms with Crippen LogP contribution >= 0.6 is 11.3 Å². The van der Waals surface area contributed by atoms with E-state index in [9.17, 15) is 4.79 Å². The maximum absolute atomic E-state index is 12.6. The van der Waals surface area contributed by atoms with E-state index in [1.807, 2.05) is 48.7 Å². The van der Waals surface area contributed by atoms with Crippen molar-refractivity contribution in [1.29, 1.82) is 0 Å². The summed E-state index contributed by atoms with van der Waals surface area (Å²) in [5.41, 5.74) is 4.74. The number of benzene rings is 2. The molecule has 7 nitrogen and oxygen atoms in total. The van der Waals surface area contributed by atoms with E-state index in [1.54, 1.807) is 10.8 Å². The van der Waals surface area contributed by atoms with Gasteiger partial charge in [-0.25, -0.2) is 4.98 Å². The summed E-state index contributed by atoms with van der Waals surface area (Å²) in [5, 5.41) is 10.1. The van der Waals surface area contributed by atoms with E-state index in [0.29, 0.717) is 22.4 Å². The molecular weight excluding hydrogens is 424 g/mol. The summed E-state index contributed by atoms with van der Waals surface area (Å²) in [5.74, 6) is 1.68. The summed E-state index contributed by atoms with van der Waals surface area (Å²) in [4.78, 5) is 17.3. The fourth-order valence-corrected chi connectivity index (χ4v) is 4.11. The lowest BCUT2D eigenvalue weighted by atomic mass is 10.1. The van der Waals surface area contributed by atoms with E-state index in [1.165, 1.54) is 23.0 Å². The Morgan fingerprint density at radius 3 is 2.75 bits per heavy atom. The van der Waals surface area contributed by atoms with Crippen molar-refractivity contribution >= 4 is 29.1 Å². The summed E-state index contributed by atoms with van der Waals surface area (Å²) < 4.78 is 12.3. The number of amides is 1. The molecule has 5 rings (SSSR count). The van der Waals surface area contributed by atoms with Crippen molar-refractivity contribution < 1.29 is 14.3 Å². The van der Waals surface area contributed by atoms with Crippen molar-refractivity contribution in [2.45, 2.75) is 13.8 Å². The predicted octanol–water partition coefficient (Wildman–Crippen LogP) is 4.99. The molecule has 4 aromatic rings. The van der Waals surface area contributed by atoms with E-state index in [0.717, 1.165) is 22.5 Å². The van der Waals surface area contributed by atoms with Crippen LogP contribution in [0, 0.1) is 13.8 Å². The molecule has 1 aliphatic heterocycles. The quantitative estimate of drug-likeness (QED) is 0.439. The first-order valence-electron chi connectivity index (χ1n) is 10.0. The van der Waals surface area contributed by atoms with E-state index in [2.05, 4.69) is 29.5 Å². The number of aromatic nitrogens is 3. The molecule has 3 heterocycles. The second-order valence-electron chi connectivity index (χ2n) is 7.40. The number of thiazole rings is 1. The number of carbonyl (C=O) groups excluding carboxylic acids is 1. The molecule has 160 valence electrons. The zero-order valence-corrected chi connectivity index (χ0v) is 18.3. The molecule has 0 saturated carbocycles. The molecule has 0 unspecified atom stereocenters. The molecule has 2 aromatic carbocycles. The number of carbonyl (C=O) groups is 1. The van der Waals surface area contributed by atoms with Crippen LogP contribution < -0.4 is 14.8 Å². The predicted molar refractivity (Wildman–Crippen MR) is 124 cm³/mol. The van der Waals surface area contributed by atoms with Crippen LogP contribution in [-0.4, -0.2) is 27.5 Å². The summed E-state index contributed by atoms with van der Waals surface area (Å²) in [7, 11) is 0. The Kier molecular flexibility index (Phi) is 5.20. The minimum absolute atomic E-state index is 0.217. The Bertz CT molecular complexity index is 1320. The van der Waals surface area contributed by atoms with Crippen LogP contribution in [0.5, 0.6) is 11.5 Å². The Labute approximate surface area is 189 Å². The first-order valence-corrected chi connectivity index (χ1v) is 10.9. The number of nitrogens with zero attached hydrogens (tertiary/aromatic N) is 3. The molecule has 0 atom stereocenters. The molecular formula is C24H20N4O3S. The number of hydrogen-bond donors (Lipinski definition) is 1. The number of hydrogen-bond acceptors (Lipinski definition) is 6. The average molecular weight is 445 g/mol. The van der Waals surface area contributed by atoms with Crippen molar-refractivity contribution in [3.8, 4) is 27.9 Å². The highest BCUT2D eigenvalue weighted by molar-refractivity contribution is 7.12. The van der Waals surface area contributed by atoms with Crippen molar-refractivity contribution in [3.05, 3.63) is 76.8 Å². The van der Waals surface area contributed by atoms with Crippen LogP contribution in [0.3, 0.4) is 0 Å². The molecule has 8 heteroatoms. The van der Waals surface area contributed by atoms with Crippen molar-refractivity contribution in [1.82, 2.24) is 14.8 Å². The fraction of sp³-hybridized carbons (Fsp3) is 0.125. The van der Waals surface area contributed by atoms with Crippen LogP contribution in [0.15, 0.2) is 60.0 Å². The number of anilines is 1. The second-order valence-corrected chi connectivity index (χ2v) is 8.24. The minimum Gasteiger partial charge on any atom is -0.454 e. The Balaban J connectivity index is 1.33. The zero-order valence-electron chi connectivity index (χ0n) is 17.5. The summed E-state index contributed by atoms with van der Waals surface area (Å²) in [6.45, 7) is 4.15. The van der Waals surface area contributed by atoms with Crippen LogP contribution in [0.4, 0.5) is 5.82 Å². The maximum atomic E-state index is 12.6. The van der Waals surface area contributed by atoms with Crippen molar-refractivity contribution in [2.75, 3.05) is 12.1 Å². The highest BCUT2D eigenvalue weighted by Gasteiger charge is 2.15. The highest BCUT2D eigenvalue weighted by atomic mass is 32.1. The number of ether oxygens (including phenoxy) is 2. The van der Waals surface area contributed by atoms with Gasteiger partial charge in [-0.15, -0.1) is 11.3 Å². The monoisotopic (exact) mass is 444 g/mol. The maximum Gasteiger partial charge on any atom is 0.249 e. The Morgan fingerprint density at radius 2 is 1.91 bits per heavy atom. The van der Waals surface area contributed by atoms with E-state index >= 15 is 0 Å². The number of rotatable bonds is 5.